The van der Waals surface area contributed by atoms with Crippen molar-refractivity contribution in [2.45, 2.75) is 6.92 Å². The Balaban J connectivity index is 1.55. The van der Waals surface area contributed by atoms with E-state index >= 15 is 0 Å². The number of carbonyl (C=O) groups excluding carboxylic acids is 3. The molecule has 0 radical (unpaired) electrons. The summed E-state index contributed by atoms with van der Waals surface area (Å²) in [4.78, 5) is 40.6. The number of benzene rings is 3. The third-order valence-corrected chi connectivity index (χ3v) is 5.30. The van der Waals surface area contributed by atoms with E-state index in [2.05, 4.69) is 4.99 Å². The lowest BCUT2D eigenvalue weighted by Crippen LogP contribution is -2.09. The molecule has 0 bridgehead atoms. The number of hydrogen-bond donors (Lipinski definition) is 0. The first-order chi connectivity index (χ1) is 18.3. The number of esters is 3. The van der Waals surface area contributed by atoms with E-state index in [4.69, 9.17) is 28.4 Å². The lowest BCUT2D eigenvalue weighted by atomic mass is 10.1. The third kappa shape index (κ3) is 5.81. The molecule has 1 heterocycles. The first-order valence-electron chi connectivity index (χ1n) is 11.2. The summed E-state index contributed by atoms with van der Waals surface area (Å²) in [6.07, 6.45) is 1.51. The SMILES string of the molecule is COc1ccc(C(=O)Oc2ccc(/C=C3\N=C(c4ccc(OC(C)=O)c(OC)c4)OC3=O)cc2OC)cc1. The Morgan fingerprint density at radius 2 is 1.45 bits per heavy atom. The second kappa shape index (κ2) is 11.3. The molecule has 3 aromatic carbocycles. The van der Waals surface area contributed by atoms with E-state index in [-0.39, 0.29) is 34.6 Å². The third-order valence-electron chi connectivity index (χ3n) is 5.30. The van der Waals surface area contributed by atoms with Crippen molar-refractivity contribution in [3.05, 3.63) is 83.1 Å². The number of cyclic esters (lactones) is 1. The van der Waals surface area contributed by atoms with Crippen LogP contribution in [0, 0.1) is 0 Å². The number of nitrogens with zero attached hydrogens (tertiary/aromatic N) is 1. The van der Waals surface area contributed by atoms with Gasteiger partial charge in [0.1, 0.15) is 5.75 Å². The van der Waals surface area contributed by atoms with Crippen molar-refractivity contribution in [2.75, 3.05) is 21.3 Å². The predicted octanol–water partition coefficient (Wildman–Crippen LogP) is 4.20. The molecular formula is C28H23NO9. The highest BCUT2D eigenvalue weighted by Gasteiger charge is 2.25. The van der Waals surface area contributed by atoms with Crippen molar-refractivity contribution in [1.82, 2.24) is 0 Å². The average molecular weight is 517 g/mol. The molecule has 1 aliphatic heterocycles. The topological polar surface area (TPSA) is 119 Å². The Morgan fingerprint density at radius 1 is 0.789 bits per heavy atom. The van der Waals surface area contributed by atoms with Gasteiger partial charge in [-0.3, -0.25) is 4.79 Å². The highest BCUT2D eigenvalue weighted by Crippen LogP contribution is 2.32. The summed E-state index contributed by atoms with van der Waals surface area (Å²) in [7, 11) is 4.39. The summed E-state index contributed by atoms with van der Waals surface area (Å²) in [5.41, 5.74) is 1.40. The summed E-state index contributed by atoms with van der Waals surface area (Å²) >= 11 is 0. The van der Waals surface area contributed by atoms with Crippen molar-refractivity contribution in [3.8, 4) is 28.7 Å². The first kappa shape index (κ1) is 26.0. The van der Waals surface area contributed by atoms with E-state index < -0.39 is 17.9 Å². The maximum absolute atomic E-state index is 12.5. The number of hydrogen-bond acceptors (Lipinski definition) is 10. The normalized spacial score (nSPS) is 13.4. The Morgan fingerprint density at radius 3 is 2.11 bits per heavy atom. The number of methoxy groups -OCH3 is 3. The molecule has 4 rings (SSSR count). The van der Waals surface area contributed by atoms with Crippen molar-refractivity contribution in [3.63, 3.8) is 0 Å². The van der Waals surface area contributed by atoms with E-state index in [1.807, 2.05) is 0 Å². The van der Waals surface area contributed by atoms with Gasteiger partial charge in [-0.25, -0.2) is 14.6 Å². The van der Waals surface area contributed by atoms with E-state index in [9.17, 15) is 14.4 Å². The van der Waals surface area contributed by atoms with Crippen molar-refractivity contribution in [2.24, 2.45) is 4.99 Å². The summed E-state index contributed by atoms with van der Waals surface area (Å²) < 4.78 is 31.6. The fourth-order valence-electron chi connectivity index (χ4n) is 3.47. The van der Waals surface area contributed by atoms with Crippen molar-refractivity contribution in [1.29, 1.82) is 0 Å². The molecule has 38 heavy (non-hydrogen) atoms. The summed E-state index contributed by atoms with van der Waals surface area (Å²) in [5.74, 6) is -0.0589. The molecule has 0 aliphatic carbocycles. The standard InChI is InChI=1S/C28H23NO9/c1-16(30)36-22-12-8-19(15-25(22)35-4)26-29-21(28(32)38-26)13-17-5-11-23(24(14-17)34-3)37-27(31)18-6-9-20(33-2)10-7-18/h5-15H,1-4H3/b21-13-. The highest BCUT2D eigenvalue weighted by molar-refractivity contribution is 6.13. The van der Waals surface area contributed by atoms with Crippen LogP contribution in [-0.2, 0) is 14.3 Å². The molecule has 0 N–H and O–H groups in total. The quantitative estimate of drug-likeness (QED) is 0.246. The zero-order valence-electron chi connectivity index (χ0n) is 21.0. The van der Waals surface area contributed by atoms with E-state index in [1.165, 1.54) is 40.4 Å². The molecule has 0 spiro atoms. The van der Waals surface area contributed by atoms with Crippen LogP contribution in [0.4, 0.5) is 0 Å². The zero-order chi connectivity index (χ0) is 27.2. The molecule has 194 valence electrons. The Labute approximate surface area is 218 Å². The molecule has 0 unspecified atom stereocenters. The summed E-state index contributed by atoms with van der Waals surface area (Å²) in [5, 5.41) is 0. The van der Waals surface area contributed by atoms with Crippen LogP contribution in [0.1, 0.15) is 28.4 Å². The molecule has 10 heteroatoms. The van der Waals surface area contributed by atoms with Gasteiger partial charge in [0.25, 0.3) is 0 Å². The van der Waals surface area contributed by atoms with Crippen LogP contribution in [-0.4, -0.2) is 45.1 Å². The zero-order valence-corrected chi connectivity index (χ0v) is 21.0. The highest BCUT2D eigenvalue weighted by atomic mass is 16.6. The molecule has 0 atom stereocenters. The number of ether oxygens (including phenoxy) is 6. The molecule has 3 aromatic rings. The smallest absolute Gasteiger partial charge is 0.363 e. The van der Waals surface area contributed by atoms with Crippen LogP contribution in [0.25, 0.3) is 6.08 Å². The largest absolute Gasteiger partial charge is 0.497 e. The lowest BCUT2D eigenvalue weighted by Gasteiger charge is -2.10. The average Bonchev–Trinajstić information content (AvgIpc) is 3.29. The predicted molar refractivity (Wildman–Crippen MR) is 136 cm³/mol. The molecule has 0 amide bonds. The molecule has 10 nitrogen and oxygen atoms in total. The Bertz CT molecular complexity index is 1460. The fourth-order valence-corrected chi connectivity index (χ4v) is 3.47. The van der Waals surface area contributed by atoms with Crippen molar-refractivity contribution < 1.29 is 42.8 Å². The number of aliphatic imine (C=N–C) groups is 1. The van der Waals surface area contributed by atoms with Crippen LogP contribution >= 0.6 is 0 Å². The van der Waals surface area contributed by atoms with Crippen LogP contribution < -0.4 is 23.7 Å². The van der Waals surface area contributed by atoms with Gasteiger partial charge in [-0.15, -0.1) is 0 Å². The van der Waals surface area contributed by atoms with Gasteiger partial charge < -0.3 is 28.4 Å². The van der Waals surface area contributed by atoms with Crippen LogP contribution in [0.2, 0.25) is 0 Å². The molecule has 0 fully saturated rings. The second-order valence-corrected chi connectivity index (χ2v) is 7.82. The van der Waals surface area contributed by atoms with E-state index in [0.29, 0.717) is 22.4 Å². The van der Waals surface area contributed by atoms with Gasteiger partial charge in [0.05, 0.1) is 26.9 Å². The molecule has 0 saturated carbocycles. The first-order valence-corrected chi connectivity index (χ1v) is 11.2. The lowest BCUT2D eigenvalue weighted by molar-refractivity contribution is -0.132. The van der Waals surface area contributed by atoms with E-state index in [0.717, 1.165) is 0 Å². The van der Waals surface area contributed by atoms with Gasteiger partial charge in [0.2, 0.25) is 5.90 Å². The monoisotopic (exact) mass is 517 g/mol. The Kier molecular flexibility index (Phi) is 7.72. The van der Waals surface area contributed by atoms with Crippen LogP contribution in [0.3, 0.4) is 0 Å². The summed E-state index contributed by atoms with van der Waals surface area (Å²) in [6.45, 7) is 1.28. The van der Waals surface area contributed by atoms with Gasteiger partial charge in [-0.1, -0.05) is 6.07 Å². The summed E-state index contributed by atoms with van der Waals surface area (Å²) in [6, 6.07) is 15.9. The van der Waals surface area contributed by atoms with Gasteiger partial charge in [0.15, 0.2) is 28.7 Å². The fraction of sp³-hybridized carbons (Fsp3) is 0.143. The Hall–Kier alpha value is -5.12. The minimum Gasteiger partial charge on any atom is -0.497 e. The van der Waals surface area contributed by atoms with Crippen LogP contribution in [0.5, 0.6) is 28.7 Å². The second-order valence-electron chi connectivity index (χ2n) is 7.82. The molecule has 1 aliphatic rings. The van der Waals surface area contributed by atoms with Gasteiger partial charge in [-0.05, 0) is 66.2 Å². The minimum absolute atomic E-state index is 0.0491. The molecule has 0 saturated heterocycles. The van der Waals surface area contributed by atoms with Crippen LogP contribution in [0.15, 0.2) is 71.4 Å². The van der Waals surface area contributed by atoms with Gasteiger partial charge in [-0.2, -0.15) is 0 Å². The maximum Gasteiger partial charge on any atom is 0.363 e. The van der Waals surface area contributed by atoms with E-state index in [1.54, 1.807) is 54.6 Å². The number of carbonyl (C=O) groups is 3. The van der Waals surface area contributed by atoms with Gasteiger partial charge >= 0.3 is 17.9 Å². The van der Waals surface area contributed by atoms with Crippen molar-refractivity contribution >= 4 is 29.9 Å². The minimum atomic E-state index is -0.656. The molecular weight excluding hydrogens is 494 g/mol. The number of rotatable bonds is 8. The maximum atomic E-state index is 12.5. The van der Waals surface area contributed by atoms with Gasteiger partial charge in [0, 0.05) is 12.5 Å². The molecule has 0 aromatic heterocycles.